The third kappa shape index (κ3) is 3.53. The summed E-state index contributed by atoms with van der Waals surface area (Å²) < 4.78 is 1.56. The van der Waals surface area contributed by atoms with E-state index in [1.807, 2.05) is 45.9 Å². The molecule has 0 fully saturated rings. The van der Waals surface area contributed by atoms with Crippen LogP contribution in [0.1, 0.15) is 26.3 Å². The first-order chi connectivity index (χ1) is 9.35. The highest BCUT2D eigenvalue weighted by molar-refractivity contribution is 5.90. The number of hydrogen-bond donors (Lipinski definition) is 2. The zero-order valence-corrected chi connectivity index (χ0v) is 12.0. The molecule has 106 valence electrons. The Morgan fingerprint density at radius 3 is 2.65 bits per heavy atom. The smallest absolute Gasteiger partial charge is 0.319 e. The monoisotopic (exact) mass is 274 g/mol. The van der Waals surface area contributed by atoms with Crippen molar-refractivity contribution in [1.29, 1.82) is 0 Å². The molecular weight excluding hydrogens is 256 g/mol. The summed E-state index contributed by atoms with van der Waals surface area (Å²) in [6.45, 7) is 7.73. The van der Waals surface area contributed by atoms with Crippen LogP contribution in [-0.4, -0.2) is 31.8 Å². The SMILES string of the molecule is Cc1ccc(NC(=O)NC(C)(C)C)cc1-n1cnnn1. The van der Waals surface area contributed by atoms with Gasteiger partial charge in [-0.25, -0.2) is 9.48 Å². The topological polar surface area (TPSA) is 84.7 Å². The van der Waals surface area contributed by atoms with Crippen molar-refractivity contribution in [3.63, 3.8) is 0 Å². The Balaban J connectivity index is 2.18. The number of hydrogen-bond acceptors (Lipinski definition) is 4. The minimum absolute atomic E-state index is 0.246. The molecule has 0 spiro atoms. The number of tetrazole rings is 1. The van der Waals surface area contributed by atoms with Crippen LogP contribution in [0.4, 0.5) is 10.5 Å². The fraction of sp³-hybridized carbons (Fsp3) is 0.385. The third-order valence-corrected chi connectivity index (χ3v) is 2.55. The molecule has 1 aromatic heterocycles. The van der Waals surface area contributed by atoms with Crippen LogP contribution >= 0.6 is 0 Å². The number of amides is 2. The van der Waals surface area contributed by atoms with Gasteiger partial charge in [0.1, 0.15) is 6.33 Å². The molecule has 7 nitrogen and oxygen atoms in total. The highest BCUT2D eigenvalue weighted by Crippen LogP contribution is 2.18. The first-order valence-electron chi connectivity index (χ1n) is 6.28. The van der Waals surface area contributed by atoms with Crippen molar-refractivity contribution in [3.05, 3.63) is 30.1 Å². The zero-order valence-electron chi connectivity index (χ0n) is 12.0. The van der Waals surface area contributed by atoms with E-state index in [2.05, 4.69) is 26.2 Å². The molecule has 0 saturated heterocycles. The molecule has 1 heterocycles. The number of carbonyl (C=O) groups is 1. The van der Waals surface area contributed by atoms with Crippen LogP contribution in [0.25, 0.3) is 5.69 Å². The molecule has 2 amide bonds. The van der Waals surface area contributed by atoms with Crippen molar-refractivity contribution < 1.29 is 4.79 Å². The number of nitrogens with one attached hydrogen (secondary N) is 2. The van der Waals surface area contributed by atoms with Crippen LogP contribution in [0.5, 0.6) is 0 Å². The van der Waals surface area contributed by atoms with E-state index < -0.39 is 0 Å². The summed E-state index contributed by atoms with van der Waals surface area (Å²) in [5.41, 5.74) is 2.23. The number of anilines is 1. The highest BCUT2D eigenvalue weighted by atomic mass is 16.2. The minimum atomic E-state index is -0.284. The molecule has 0 bridgehead atoms. The average Bonchev–Trinajstić information content (AvgIpc) is 2.82. The minimum Gasteiger partial charge on any atom is -0.333 e. The number of nitrogens with zero attached hydrogens (tertiary/aromatic N) is 4. The molecule has 2 rings (SSSR count). The lowest BCUT2D eigenvalue weighted by Gasteiger charge is -2.21. The Hall–Kier alpha value is -2.44. The molecule has 2 N–H and O–H groups in total. The van der Waals surface area contributed by atoms with Gasteiger partial charge in [0.15, 0.2) is 0 Å². The van der Waals surface area contributed by atoms with Crippen LogP contribution in [-0.2, 0) is 0 Å². The van der Waals surface area contributed by atoms with Crippen LogP contribution in [0.2, 0.25) is 0 Å². The predicted octanol–water partition coefficient (Wildman–Crippen LogP) is 1.89. The van der Waals surface area contributed by atoms with E-state index in [1.165, 1.54) is 6.33 Å². The summed E-state index contributed by atoms with van der Waals surface area (Å²) in [6, 6.07) is 5.33. The standard InChI is InChI=1S/C13H18N6O/c1-9-5-6-10(15-12(20)16-13(2,3)4)7-11(9)19-8-14-17-18-19/h5-8H,1-4H3,(H2,15,16,20). The lowest BCUT2D eigenvalue weighted by Crippen LogP contribution is -2.43. The average molecular weight is 274 g/mol. The van der Waals surface area contributed by atoms with Gasteiger partial charge in [-0.05, 0) is 55.8 Å². The Bertz CT molecular complexity index is 600. The quantitative estimate of drug-likeness (QED) is 0.875. The van der Waals surface area contributed by atoms with Crippen molar-refractivity contribution in [2.45, 2.75) is 33.2 Å². The van der Waals surface area contributed by atoms with Gasteiger partial charge in [0.25, 0.3) is 0 Å². The fourth-order valence-corrected chi connectivity index (χ4v) is 1.71. The van der Waals surface area contributed by atoms with Crippen molar-refractivity contribution >= 4 is 11.7 Å². The van der Waals surface area contributed by atoms with E-state index >= 15 is 0 Å². The molecule has 0 aliphatic carbocycles. The lowest BCUT2D eigenvalue weighted by atomic mass is 10.1. The van der Waals surface area contributed by atoms with Gasteiger partial charge in [-0.3, -0.25) is 0 Å². The summed E-state index contributed by atoms with van der Waals surface area (Å²) >= 11 is 0. The molecule has 20 heavy (non-hydrogen) atoms. The molecule has 0 unspecified atom stereocenters. The summed E-state index contributed by atoms with van der Waals surface area (Å²) in [5, 5.41) is 16.7. The summed E-state index contributed by atoms with van der Waals surface area (Å²) in [5.74, 6) is 0. The van der Waals surface area contributed by atoms with Gasteiger partial charge in [0.2, 0.25) is 0 Å². The van der Waals surface area contributed by atoms with Crippen molar-refractivity contribution in [1.82, 2.24) is 25.5 Å². The molecular formula is C13H18N6O. The third-order valence-electron chi connectivity index (χ3n) is 2.55. The normalized spacial score (nSPS) is 11.2. The largest absolute Gasteiger partial charge is 0.333 e. The maximum absolute atomic E-state index is 11.8. The second-order valence-corrected chi connectivity index (χ2v) is 5.58. The van der Waals surface area contributed by atoms with E-state index in [0.717, 1.165) is 11.3 Å². The second kappa shape index (κ2) is 5.28. The number of aryl methyl sites for hydroxylation is 1. The van der Waals surface area contributed by atoms with Gasteiger partial charge in [0, 0.05) is 11.2 Å². The molecule has 0 saturated carbocycles. The molecule has 7 heteroatoms. The molecule has 1 aromatic carbocycles. The van der Waals surface area contributed by atoms with Gasteiger partial charge in [-0.1, -0.05) is 6.07 Å². The Labute approximate surface area is 117 Å². The van der Waals surface area contributed by atoms with Crippen molar-refractivity contribution in [2.75, 3.05) is 5.32 Å². The van der Waals surface area contributed by atoms with Gasteiger partial charge in [-0.2, -0.15) is 0 Å². The number of carbonyl (C=O) groups excluding carboxylic acids is 1. The van der Waals surface area contributed by atoms with Gasteiger partial charge in [-0.15, -0.1) is 5.10 Å². The van der Waals surface area contributed by atoms with E-state index in [9.17, 15) is 4.79 Å². The zero-order chi connectivity index (χ0) is 14.8. The van der Waals surface area contributed by atoms with Crippen LogP contribution in [0.15, 0.2) is 24.5 Å². The molecule has 0 aliphatic heterocycles. The molecule has 0 aliphatic rings. The Morgan fingerprint density at radius 1 is 1.30 bits per heavy atom. The van der Waals surface area contributed by atoms with Gasteiger partial charge >= 0.3 is 6.03 Å². The fourth-order valence-electron chi connectivity index (χ4n) is 1.71. The van der Waals surface area contributed by atoms with Gasteiger partial charge in [0.05, 0.1) is 5.69 Å². The van der Waals surface area contributed by atoms with E-state index in [0.29, 0.717) is 5.69 Å². The number of benzene rings is 1. The number of urea groups is 1. The molecule has 0 radical (unpaired) electrons. The summed E-state index contributed by atoms with van der Waals surface area (Å²) in [7, 11) is 0. The predicted molar refractivity (Wildman–Crippen MR) is 75.8 cm³/mol. The summed E-state index contributed by atoms with van der Waals surface area (Å²) in [4.78, 5) is 11.8. The Morgan fingerprint density at radius 2 is 2.05 bits per heavy atom. The van der Waals surface area contributed by atoms with E-state index in [-0.39, 0.29) is 11.6 Å². The van der Waals surface area contributed by atoms with Gasteiger partial charge < -0.3 is 10.6 Å². The van der Waals surface area contributed by atoms with E-state index in [4.69, 9.17) is 0 Å². The maximum atomic E-state index is 11.8. The van der Waals surface area contributed by atoms with Crippen LogP contribution in [0.3, 0.4) is 0 Å². The number of aromatic nitrogens is 4. The van der Waals surface area contributed by atoms with E-state index in [1.54, 1.807) is 4.68 Å². The van der Waals surface area contributed by atoms with Crippen molar-refractivity contribution in [2.24, 2.45) is 0 Å². The van der Waals surface area contributed by atoms with Crippen molar-refractivity contribution in [3.8, 4) is 5.69 Å². The van der Waals surface area contributed by atoms with Crippen LogP contribution in [0, 0.1) is 6.92 Å². The first-order valence-corrected chi connectivity index (χ1v) is 6.28. The second-order valence-electron chi connectivity index (χ2n) is 5.58. The first kappa shape index (κ1) is 14.0. The Kier molecular flexibility index (Phi) is 3.69. The maximum Gasteiger partial charge on any atom is 0.319 e. The highest BCUT2D eigenvalue weighted by Gasteiger charge is 2.14. The lowest BCUT2D eigenvalue weighted by molar-refractivity contribution is 0.244. The summed E-state index contributed by atoms with van der Waals surface area (Å²) in [6.07, 6.45) is 1.52. The molecule has 0 atom stereocenters. The molecule has 2 aromatic rings. The number of rotatable bonds is 2. The van der Waals surface area contributed by atoms with Crippen LogP contribution < -0.4 is 10.6 Å².